The molecule has 0 saturated heterocycles. The van der Waals surface area contributed by atoms with Gasteiger partial charge in [-0.2, -0.15) is 0 Å². The Labute approximate surface area is 169 Å². The fraction of sp³-hybridized carbons (Fsp3) is 0.696. The van der Waals surface area contributed by atoms with Gasteiger partial charge >= 0.3 is 0 Å². The Bertz CT molecular complexity index is 683. The molecule has 2 N–H and O–H groups in total. The van der Waals surface area contributed by atoms with Crippen LogP contribution in [-0.4, -0.2) is 39.3 Å². The molecule has 1 saturated carbocycles. The zero-order valence-electron chi connectivity index (χ0n) is 18.1. The summed E-state index contributed by atoms with van der Waals surface area (Å²) in [5.41, 5.74) is 2.62. The first-order chi connectivity index (χ1) is 13.5. The Morgan fingerprint density at radius 1 is 1.18 bits per heavy atom. The number of amides is 1. The quantitative estimate of drug-likeness (QED) is 0.754. The van der Waals surface area contributed by atoms with E-state index in [9.17, 15) is 4.79 Å². The Morgan fingerprint density at radius 3 is 2.39 bits per heavy atom. The molecule has 0 spiro atoms. The Kier molecular flexibility index (Phi) is 6.86. The molecule has 0 aromatic heterocycles. The number of rotatable bonds is 7. The molecule has 0 bridgehead atoms. The number of likely N-dealkylation sites (N-methyl/N-ethyl adjacent to an activating group) is 1. The van der Waals surface area contributed by atoms with E-state index in [-0.39, 0.29) is 23.9 Å². The molecule has 5 nitrogen and oxygen atoms in total. The lowest BCUT2D eigenvalue weighted by Crippen LogP contribution is -3.14. The highest BCUT2D eigenvalue weighted by Crippen LogP contribution is 2.36. The molecular formula is C23H37N2O3+. The molecule has 1 fully saturated rings. The van der Waals surface area contributed by atoms with Gasteiger partial charge < -0.3 is 19.7 Å². The monoisotopic (exact) mass is 389 g/mol. The van der Waals surface area contributed by atoms with Crippen molar-refractivity contribution in [3.8, 4) is 11.5 Å². The van der Waals surface area contributed by atoms with E-state index in [0.717, 1.165) is 43.9 Å². The summed E-state index contributed by atoms with van der Waals surface area (Å²) in [7, 11) is 3.38. The topological polar surface area (TPSA) is 52.0 Å². The maximum Gasteiger partial charge on any atom is 0.223 e. The number of hydrogen-bond acceptors (Lipinski definition) is 3. The lowest BCUT2D eigenvalue weighted by atomic mass is 9.83. The van der Waals surface area contributed by atoms with E-state index < -0.39 is 0 Å². The van der Waals surface area contributed by atoms with Crippen LogP contribution in [0.1, 0.15) is 63.6 Å². The number of benzene rings is 1. The fourth-order valence-corrected chi connectivity index (χ4v) is 5.06. The van der Waals surface area contributed by atoms with Crippen LogP contribution in [0.25, 0.3) is 0 Å². The van der Waals surface area contributed by atoms with Crippen molar-refractivity contribution in [3.63, 3.8) is 0 Å². The van der Waals surface area contributed by atoms with E-state index in [1.807, 2.05) is 0 Å². The molecule has 1 amide bonds. The first-order valence-electron chi connectivity index (χ1n) is 10.9. The summed E-state index contributed by atoms with van der Waals surface area (Å²) in [6.07, 6.45) is 5.46. The molecule has 2 aliphatic rings. The third-order valence-electron chi connectivity index (χ3n) is 6.70. The van der Waals surface area contributed by atoms with Gasteiger partial charge in [0.2, 0.25) is 5.91 Å². The lowest BCUT2D eigenvalue weighted by Gasteiger charge is -2.40. The van der Waals surface area contributed by atoms with Crippen LogP contribution in [0.3, 0.4) is 0 Å². The van der Waals surface area contributed by atoms with Crippen LogP contribution >= 0.6 is 0 Å². The predicted molar refractivity (Wildman–Crippen MR) is 111 cm³/mol. The summed E-state index contributed by atoms with van der Waals surface area (Å²) in [6, 6.07) is 4.62. The molecule has 1 aromatic carbocycles. The maximum atomic E-state index is 13.0. The number of fused-ring (bicyclic) bond motifs is 1. The third-order valence-corrected chi connectivity index (χ3v) is 6.70. The minimum atomic E-state index is 0.111. The standard InChI is InChI=1S/C23H36N2O3/c1-6-25-12-11-17-13-19(27-4)20(28-5)14-18(17)22(25)21(15(2)3)24-23(26)16-9-7-8-10-16/h13-16,21-22H,6-12H2,1-5H3,(H,24,26)/p+1/t21-,22+/m1/s1. The van der Waals surface area contributed by atoms with E-state index >= 15 is 0 Å². The molecule has 1 heterocycles. The van der Waals surface area contributed by atoms with Crippen LogP contribution in [0, 0.1) is 11.8 Å². The first-order valence-corrected chi connectivity index (χ1v) is 10.9. The second-order valence-corrected chi connectivity index (χ2v) is 8.66. The van der Waals surface area contributed by atoms with Gasteiger partial charge in [-0.05, 0) is 43.4 Å². The molecule has 0 radical (unpaired) electrons. The Morgan fingerprint density at radius 2 is 1.82 bits per heavy atom. The van der Waals surface area contributed by atoms with Crippen LogP contribution < -0.4 is 19.7 Å². The van der Waals surface area contributed by atoms with Crippen molar-refractivity contribution in [2.75, 3.05) is 27.3 Å². The van der Waals surface area contributed by atoms with E-state index in [1.54, 1.807) is 14.2 Å². The molecule has 3 atom stereocenters. The number of nitrogens with one attached hydrogen (secondary N) is 2. The van der Waals surface area contributed by atoms with Crippen molar-refractivity contribution in [2.45, 2.75) is 65.0 Å². The largest absolute Gasteiger partial charge is 0.493 e. The van der Waals surface area contributed by atoms with Crippen LogP contribution in [-0.2, 0) is 11.2 Å². The van der Waals surface area contributed by atoms with Crippen molar-refractivity contribution < 1.29 is 19.2 Å². The number of quaternary nitrogens is 1. The molecule has 5 heteroatoms. The average Bonchev–Trinajstić information content (AvgIpc) is 3.24. The van der Waals surface area contributed by atoms with Crippen LogP contribution in [0.5, 0.6) is 11.5 Å². The van der Waals surface area contributed by atoms with E-state index in [0.29, 0.717) is 5.92 Å². The minimum absolute atomic E-state index is 0.111. The van der Waals surface area contributed by atoms with Crippen molar-refractivity contribution >= 4 is 5.91 Å². The zero-order chi connectivity index (χ0) is 20.3. The minimum Gasteiger partial charge on any atom is -0.493 e. The summed E-state index contributed by atoms with van der Waals surface area (Å²) in [5, 5.41) is 3.47. The molecular weight excluding hydrogens is 352 g/mol. The number of hydrogen-bond donors (Lipinski definition) is 2. The van der Waals surface area contributed by atoms with Gasteiger partial charge in [0.05, 0.1) is 33.4 Å². The smallest absolute Gasteiger partial charge is 0.223 e. The molecule has 1 unspecified atom stereocenters. The molecule has 3 rings (SSSR count). The van der Waals surface area contributed by atoms with Crippen molar-refractivity contribution in [1.29, 1.82) is 0 Å². The highest BCUT2D eigenvalue weighted by atomic mass is 16.5. The van der Waals surface area contributed by atoms with Gasteiger partial charge in [0, 0.05) is 17.9 Å². The van der Waals surface area contributed by atoms with Crippen molar-refractivity contribution in [3.05, 3.63) is 23.3 Å². The summed E-state index contributed by atoms with van der Waals surface area (Å²) < 4.78 is 11.1. The summed E-state index contributed by atoms with van der Waals surface area (Å²) >= 11 is 0. The van der Waals surface area contributed by atoms with Crippen LogP contribution in [0.2, 0.25) is 0 Å². The van der Waals surface area contributed by atoms with E-state index in [4.69, 9.17) is 9.47 Å². The van der Waals surface area contributed by atoms with Gasteiger partial charge in [0.1, 0.15) is 6.04 Å². The predicted octanol–water partition coefficient (Wildman–Crippen LogP) is 2.54. The van der Waals surface area contributed by atoms with Gasteiger partial charge in [-0.1, -0.05) is 26.7 Å². The highest BCUT2D eigenvalue weighted by Gasteiger charge is 2.40. The fourth-order valence-electron chi connectivity index (χ4n) is 5.06. The van der Waals surface area contributed by atoms with Crippen molar-refractivity contribution in [2.24, 2.45) is 11.8 Å². The summed E-state index contributed by atoms with van der Waals surface area (Å²) in [5.74, 6) is 2.36. The first kappa shape index (κ1) is 21.0. The number of methoxy groups -OCH3 is 2. The highest BCUT2D eigenvalue weighted by molar-refractivity contribution is 5.79. The van der Waals surface area contributed by atoms with Crippen molar-refractivity contribution in [1.82, 2.24) is 5.32 Å². The third kappa shape index (κ3) is 4.14. The Balaban J connectivity index is 1.97. The van der Waals surface area contributed by atoms with Gasteiger partial charge in [-0.25, -0.2) is 0 Å². The zero-order valence-corrected chi connectivity index (χ0v) is 18.1. The Hall–Kier alpha value is -1.75. The van der Waals surface area contributed by atoms with E-state index in [1.165, 1.54) is 28.9 Å². The SMILES string of the molecule is CC[NH+]1CCc2cc(OC)c(OC)cc2[C@H]1[C@H](NC(=O)C1CCCC1)C(C)C. The van der Waals surface area contributed by atoms with Crippen LogP contribution in [0.15, 0.2) is 12.1 Å². The van der Waals surface area contributed by atoms with Gasteiger partial charge in [-0.15, -0.1) is 0 Å². The number of ether oxygens (including phenoxy) is 2. The molecule has 28 heavy (non-hydrogen) atoms. The molecule has 1 aromatic rings. The summed E-state index contributed by atoms with van der Waals surface area (Å²) in [4.78, 5) is 14.5. The molecule has 1 aliphatic carbocycles. The molecule has 156 valence electrons. The average molecular weight is 390 g/mol. The number of carbonyl (C=O) groups is 1. The van der Waals surface area contributed by atoms with Gasteiger partial charge in [0.15, 0.2) is 11.5 Å². The molecule has 1 aliphatic heterocycles. The lowest BCUT2D eigenvalue weighted by molar-refractivity contribution is -0.934. The second kappa shape index (κ2) is 9.17. The maximum absolute atomic E-state index is 13.0. The normalized spacial score (nSPS) is 23.4. The van der Waals surface area contributed by atoms with Crippen LogP contribution in [0.4, 0.5) is 0 Å². The van der Waals surface area contributed by atoms with Gasteiger partial charge in [0.25, 0.3) is 0 Å². The summed E-state index contributed by atoms with van der Waals surface area (Å²) in [6.45, 7) is 8.81. The number of carbonyl (C=O) groups excluding carboxylic acids is 1. The van der Waals surface area contributed by atoms with E-state index in [2.05, 4.69) is 38.2 Å². The van der Waals surface area contributed by atoms with Gasteiger partial charge in [-0.3, -0.25) is 4.79 Å². The second-order valence-electron chi connectivity index (χ2n) is 8.66.